The van der Waals surface area contributed by atoms with Crippen LogP contribution < -0.4 is 14.4 Å². The molecule has 31 heavy (non-hydrogen) atoms. The molecule has 0 spiro atoms. The highest BCUT2D eigenvalue weighted by Crippen LogP contribution is 2.32. The third kappa shape index (κ3) is 5.02. The summed E-state index contributed by atoms with van der Waals surface area (Å²) in [6, 6.07) is 12.8. The van der Waals surface area contributed by atoms with Crippen LogP contribution in [0.3, 0.4) is 0 Å². The Morgan fingerprint density at radius 2 is 1.74 bits per heavy atom. The molecule has 1 aliphatic rings. The van der Waals surface area contributed by atoms with Crippen molar-refractivity contribution in [3.05, 3.63) is 54.1 Å². The number of aliphatic hydroxyl groups excluding tert-OH is 1. The number of hydrogen-bond acceptors (Lipinski definition) is 5. The van der Waals surface area contributed by atoms with Crippen molar-refractivity contribution in [1.29, 1.82) is 0 Å². The van der Waals surface area contributed by atoms with E-state index in [9.17, 15) is 18.3 Å². The summed E-state index contributed by atoms with van der Waals surface area (Å²) in [6.45, 7) is 0.0206. The number of ether oxygens (including phenoxy) is 1. The first-order valence-corrected chi connectivity index (χ1v) is 11.9. The molecule has 0 saturated heterocycles. The number of nitrogens with zero attached hydrogens (tertiary/aromatic N) is 1. The number of nitrogens with one attached hydrogen (secondary N) is 1. The third-order valence-electron chi connectivity index (χ3n) is 5.98. The predicted molar refractivity (Wildman–Crippen MR) is 120 cm³/mol. The molecule has 2 N–H and O–H groups in total. The minimum Gasteiger partial charge on any atom is -0.495 e. The molecule has 0 radical (unpaired) electrons. The lowest BCUT2D eigenvalue weighted by Gasteiger charge is -2.38. The third-order valence-corrected chi connectivity index (χ3v) is 7.76. The second-order valence-corrected chi connectivity index (χ2v) is 9.91. The minimum absolute atomic E-state index is 0.0206. The van der Waals surface area contributed by atoms with E-state index in [4.69, 9.17) is 4.74 Å². The molecular weight excluding hydrogens is 416 g/mol. The van der Waals surface area contributed by atoms with Gasteiger partial charge in [0.05, 0.1) is 17.7 Å². The molecule has 1 amide bonds. The fourth-order valence-corrected chi connectivity index (χ4v) is 5.35. The average molecular weight is 447 g/mol. The Morgan fingerprint density at radius 3 is 2.35 bits per heavy atom. The van der Waals surface area contributed by atoms with E-state index in [0.717, 1.165) is 32.1 Å². The topological polar surface area (TPSA) is 95.9 Å². The lowest BCUT2D eigenvalue weighted by Crippen LogP contribution is -2.50. The first-order valence-electron chi connectivity index (χ1n) is 10.5. The van der Waals surface area contributed by atoms with Crippen LogP contribution in [-0.2, 0) is 10.0 Å². The molecular formula is C23H30N2O5S. The molecule has 0 aromatic heterocycles. The fraction of sp³-hybridized carbons (Fsp3) is 0.435. The SMILES string of the molecule is COc1ccccc1N(C)S(=O)(=O)c1ccc(C(=O)NC2(CCO)CCCCC2)cc1. The maximum absolute atomic E-state index is 13.1. The van der Waals surface area contributed by atoms with Crippen LogP contribution in [0.4, 0.5) is 5.69 Å². The van der Waals surface area contributed by atoms with Crippen LogP contribution in [0.5, 0.6) is 5.75 Å². The zero-order valence-electron chi connectivity index (χ0n) is 18.0. The number of carbonyl (C=O) groups is 1. The van der Waals surface area contributed by atoms with Crippen LogP contribution >= 0.6 is 0 Å². The quantitative estimate of drug-likeness (QED) is 0.648. The Hall–Kier alpha value is -2.58. The lowest BCUT2D eigenvalue weighted by atomic mass is 9.79. The zero-order valence-corrected chi connectivity index (χ0v) is 18.8. The van der Waals surface area contributed by atoms with Gasteiger partial charge in [0.1, 0.15) is 5.75 Å². The molecule has 0 atom stereocenters. The fourth-order valence-electron chi connectivity index (χ4n) is 4.15. The van der Waals surface area contributed by atoms with Crippen LogP contribution in [0, 0.1) is 0 Å². The molecule has 0 unspecified atom stereocenters. The van der Waals surface area contributed by atoms with Crippen molar-refractivity contribution >= 4 is 21.6 Å². The van der Waals surface area contributed by atoms with Gasteiger partial charge >= 0.3 is 0 Å². The van der Waals surface area contributed by atoms with Gasteiger partial charge in [-0.25, -0.2) is 8.42 Å². The Balaban J connectivity index is 1.79. The van der Waals surface area contributed by atoms with Crippen LogP contribution in [-0.4, -0.2) is 45.7 Å². The Bertz CT molecular complexity index is 993. The van der Waals surface area contributed by atoms with Gasteiger partial charge in [-0.3, -0.25) is 9.10 Å². The summed E-state index contributed by atoms with van der Waals surface area (Å²) in [5, 5.41) is 12.5. The van der Waals surface area contributed by atoms with Gasteiger partial charge in [0.25, 0.3) is 15.9 Å². The molecule has 0 aliphatic heterocycles. The van der Waals surface area contributed by atoms with E-state index in [1.165, 1.54) is 42.7 Å². The smallest absolute Gasteiger partial charge is 0.264 e. The van der Waals surface area contributed by atoms with Crippen LogP contribution in [0.1, 0.15) is 48.9 Å². The molecule has 0 bridgehead atoms. The summed E-state index contributed by atoms with van der Waals surface area (Å²) in [5.41, 5.74) is 0.427. The monoisotopic (exact) mass is 446 g/mol. The van der Waals surface area contributed by atoms with Crippen LogP contribution in [0.2, 0.25) is 0 Å². The molecule has 168 valence electrons. The van der Waals surface area contributed by atoms with Gasteiger partial charge in [-0.15, -0.1) is 0 Å². The second-order valence-electron chi connectivity index (χ2n) is 7.94. The van der Waals surface area contributed by atoms with Gasteiger partial charge in [-0.2, -0.15) is 0 Å². The number of methoxy groups -OCH3 is 1. The van der Waals surface area contributed by atoms with Crippen molar-refractivity contribution in [3.8, 4) is 5.75 Å². The Morgan fingerprint density at radius 1 is 1.10 bits per heavy atom. The molecule has 2 aromatic carbocycles. The van der Waals surface area contributed by atoms with Gasteiger partial charge in [-0.05, 0) is 55.7 Å². The van der Waals surface area contributed by atoms with Crippen LogP contribution in [0.15, 0.2) is 53.4 Å². The van der Waals surface area contributed by atoms with Gasteiger partial charge in [-0.1, -0.05) is 31.4 Å². The van der Waals surface area contributed by atoms with Gasteiger partial charge in [0.2, 0.25) is 0 Å². The number of hydrogen-bond donors (Lipinski definition) is 2. The number of amides is 1. The normalized spacial score (nSPS) is 15.8. The molecule has 3 rings (SSSR count). The zero-order chi connectivity index (χ0) is 22.5. The lowest BCUT2D eigenvalue weighted by molar-refractivity contribution is 0.0835. The molecule has 8 heteroatoms. The van der Waals surface area contributed by atoms with E-state index < -0.39 is 10.0 Å². The van der Waals surface area contributed by atoms with Gasteiger partial charge < -0.3 is 15.2 Å². The number of sulfonamides is 1. The summed E-state index contributed by atoms with van der Waals surface area (Å²) in [7, 11) is -0.870. The predicted octanol–water partition coefficient (Wildman–Crippen LogP) is 3.34. The summed E-state index contributed by atoms with van der Waals surface area (Å²) in [4.78, 5) is 12.9. The molecule has 7 nitrogen and oxygen atoms in total. The Labute approximate surface area is 184 Å². The molecule has 1 aliphatic carbocycles. The number of aliphatic hydroxyl groups is 1. The number of rotatable bonds is 8. The number of para-hydroxylation sites is 2. The Kier molecular flexibility index (Phi) is 7.23. The molecule has 1 fully saturated rings. The summed E-state index contributed by atoms with van der Waals surface area (Å²) in [5.74, 6) is 0.198. The van der Waals surface area contributed by atoms with Crippen molar-refractivity contribution in [2.24, 2.45) is 0 Å². The highest BCUT2D eigenvalue weighted by atomic mass is 32.2. The largest absolute Gasteiger partial charge is 0.495 e. The maximum Gasteiger partial charge on any atom is 0.264 e. The first kappa shape index (κ1) is 23.1. The maximum atomic E-state index is 13.1. The van der Waals surface area contributed by atoms with Crippen molar-refractivity contribution in [2.45, 2.75) is 49.0 Å². The molecule has 0 heterocycles. The standard InChI is InChI=1S/C23H30N2O5S/c1-25(20-8-4-5-9-21(20)30-2)31(28,29)19-12-10-18(11-13-19)22(27)24-23(16-17-26)14-6-3-7-15-23/h4-5,8-13,26H,3,6-7,14-17H2,1-2H3,(H,24,27). The van der Waals surface area contributed by atoms with E-state index >= 15 is 0 Å². The van der Waals surface area contributed by atoms with Crippen LogP contribution in [0.25, 0.3) is 0 Å². The molecule has 2 aromatic rings. The van der Waals surface area contributed by atoms with E-state index in [1.807, 2.05) is 0 Å². The second kappa shape index (κ2) is 9.70. The van der Waals surface area contributed by atoms with E-state index in [-0.39, 0.29) is 22.9 Å². The average Bonchev–Trinajstić information content (AvgIpc) is 2.79. The highest BCUT2D eigenvalue weighted by molar-refractivity contribution is 7.92. The van der Waals surface area contributed by atoms with Crippen molar-refractivity contribution in [2.75, 3.05) is 25.1 Å². The van der Waals surface area contributed by atoms with E-state index in [0.29, 0.717) is 23.4 Å². The summed E-state index contributed by atoms with van der Waals surface area (Å²) < 4.78 is 32.6. The van der Waals surface area contributed by atoms with Crippen molar-refractivity contribution in [1.82, 2.24) is 5.32 Å². The van der Waals surface area contributed by atoms with Gasteiger partial charge in [0, 0.05) is 24.8 Å². The van der Waals surface area contributed by atoms with Gasteiger partial charge in [0.15, 0.2) is 0 Å². The van der Waals surface area contributed by atoms with Crippen molar-refractivity contribution < 1.29 is 23.1 Å². The van der Waals surface area contributed by atoms with E-state index in [1.54, 1.807) is 24.3 Å². The van der Waals surface area contributed by atoms with E-state index in [2.05, 4.69) is 5.32 Å². The number of anilines is 1. The highest BCUT2D eigenvalue weighted by Gasteiger charge is 2.33. The molecule has 1 saturated carbocycles. The summed E-state index contributed by atoms with van der Waals surface area (Å²) >= 11 is 0. The minimum atomic E-state index is -3.83. The number of benzene rings is 2. The number of carbonyl (C=O) groups excluding carboxylic acids is 1. The first-order chi connectivity index (χ1) is 14.8. The van der Waals surface area contributed by atoms with Crippen molar-refractivity contribution in [3.63, 3.8) is 0 Å². The summed E-state index contributed by atoms with van der Waals surface area (Å²) in [6.07, 6.45) is 5.38.